The standard InChI is InChI=1S/C26H27NO3/c28-23(19-10-3-1-4-11-19)15-9-17-27-22-18-25(20-12-5-2-6-13-20)30-24-16-8-7-14-21(24)26(22)29/h1-8,10-14,16,22,25-27,29H,9,15,17-18H2. The van der Waals surface area contributed by atoms with Gasteiger partial charge in [0, 0.05) is 30.0 Å². The summed E-state index contributed by atoms with van der Waals surface area (Å²) in [5.41, 5.74) is 2.64. The molecule has 1 aliphatic rings. The molecule has 0 bridgehead atoms. The number of fused-ring (bicyclic) bond motifs is 1. The van der Waals surface area contributed by atoms with E-state index in [1.807, 2.05) is 72.8 Å². The van der Waals surface area contributed by atoms with Gasteiger partial charge >= 0.3 is 0 Å². The summed E-state index contributed by atoms with van der Waals surface area (Å²) in [7, 11) is 0. The maximum Gasteiger partial charge on any atom is 0.162 e. The van der Waals surface area contributed by atoms with E-state index in [2.05, 4.69) is 17.4 Å². The van der Waals surface area contributed by atoms with E-state index in [9.17, 15) is 9.90 Å². The highest BCUT2D eigenvalue weighted by Crippen LogP contribution is 2.38. The molecule has 4 nitrogen and oxygen atoms in total. The quantitative estimate of drug-likeness (QED) is 0.438. The number of aliphatic hydroxyl groups excluding tert-OH is 1. The average Bonchev–Trinajstić information content (AvgIpc) is 2.94. The highest BCUT2D eigenvalue weighted by molar-refractivity contribution is 5.95. The second-order valence-electron chi connectivity index (χ2n) is 7.69. The summed E-state index contributed by atoms with van der Waals surface area (Å²) in [5.74, 6) is 0.872. The fourth-order valence-electron chi connectivity index (χ4n) is 3.98. The largest absolute Gasteiger partial charge is 0.485 e. The van der Waals surface area contributed by atoms with Gasteiger partial charge in [0.05, 0.1) is 6.10 Å². The Morgan fingerprint density at radius 3 is 2.37 bits per heavy atom. The third-order valence-corrected chi connectivity index (χ3v) is 5.61. The second kappa shape index (κ2) is 9.70. The Morgan fingerprint density at radius 2 is 1.60 bits per heavy atom. The zero-order chi connectivity index (χ0) is 20.8. The maximum absolute atomic E-state index is 12.3. The van der Waals surface area contributed by atoms with E-state index in [1.165, 1.54) is 0 Å². The molecule has 0 saturated heterocycles. The Balaban J connectivity index is 1.42. The smallest absolute Gasteiger partial charge is 0.162 e. The number of hydrogen-bond donors (Lipinski definition) is 2. The van der Waals surface area contributed by atoms with Crippen LogP contribution in [-0.4, -0.2) is 23.5 Å². The molecule has 3 unspecified atom stereocenters. The van der Waals surface area contributed by atoms with Crippen LogP contribution in [0.4, 0.5) is 0 Å². The molecule has 3 aromatic rings. The summed E-state index contributed by atoms with van der Waals surface area (Å²) in [6.45, 7) is 0.657. The summed E-state index contributed by atoms with van der Waals surface area (Å²) in [6, 6.07) is 27.0. The third kappa shape index (κ3) is 4.78. The Bertz CT molecular complexity index is 958. The van der Waals surface area contributed by atoms with Gasteiger partial charge in [-0.1, -0.05) is 78.9 Å². The van der Waals surface area contributed by atoms with Crippen LogP contribution in [0.25, 0.3) is 0 Å². The molecule has 0 aromatic heterocycles. The first-order chi connectivity index (χ1) is 14.7. The van der Waals surface area contributed by atoms with Crippen molar-refractivity contribution in [1.29, 1.82) is 0 Å². The van der Waals surface area contributed by atoms with Crippen LogP contribution in [0, 0.1) is 0 Å². The molecule has 30 heavy (non-hydrogen) atoms. The lowest BCUT2D eigenvalue weighted by molar-refractivity contribution is 0.0972. The van der Waals surface area contributed by atoms with Gasteiger partial charge in [0.15, 0.2) is 5.78 Å². The monoisotopic (exact) mass is 401 g/mol. The lowest BCUT2D eigenvalue weighted by Gasteiger charge is -2.24. The van der Waals surface area contributed by atoms with Crippen LogP contribution >= 0.6 is 0 Å². The highest BCUT2D eigenvalue weighted by atomic mass is 16.5. The Labute approximate surface area is 177 Å². The molecule has 3 aromatic carbocycles. The third-order valence-electron chi connectivity index (χ3n) is 5.61. The Hall–Kier alpha value is -2.95. The van der Waals surface area contributed by atoms with Crippen molar-refractivity contribution in [1.82, 2.24) is 5.32 Å². The van der Waals surface area contributed by atoms with E-state index < -0.39 is 6.10 Å². The first-order valence-corrected chi connectivity index (χ1v) is 10.5. The molecule has 4 rings (SSSR count). The number of carbonyl (C=O) groups excluding carboxylic acids is 1. The molecule has 0 aliphatic carbocycles. The van der Waals surface area contributed by atoms with Crippen LogP contribution < -0.4 is 10.1 Å². The fraction of sp³-hybridized carbons (Fsp3) is 0.269. The predicted octanol–water partition coefficient (Wildman–Crippen LogP) is 4.87. The normalized spacial score (nSPS) is 20.6. The van der Waals surface area contributed by atoms with Gasteiger partial charge in [-0.05, 0) is 24.6 Å². The lowest BCUT2D eigenvalue weighted by atomic mass is 9.95. The zero-order valence-electron chi connectivity index (χ0n) is 16.9. The minimum absolute atomic E-state index is 0.145. The van der Waals surface area contributed by atoms with E-state index in [-0.39, 0.29) is 17.9 Å². The molecule has 1 aliphatic heterocycles. The number of aliphatic hydroxyl groups is 1. The van der Waals surface area contributed by atoms with Crippen LogP contribution in [0.3, 0.4) is 0 Å². The van der Waals surface area contributed by atoms with Gasteiger partial charge in [-0.25, -0.2) is 0 Å². The van der Waals surface area contributed by atoms with Crippen molar-refractivity contribution in [3.63, 3.8) is 0 Å². The van der Waals surface area contributed by atoms with Gasteiger partial charge in [0.2, 0.25) is 0 Å². The summed E-state index contributed by atoms with van der Waals surface area (Å²) in [5, 5.41) is 14.5. The predicted molar refractivity (Wildman–Crippen MR) is 118 cm³/mol. The molecule has 2 N–H and O–H groups in total. The molecule has 0 saturated carbocycles. The number of nitrogens with one attached hydrogen (secondary N) is 1. The molecule has 3 atom stereocenters. The lowest BCUT2D eigenvalue weighted by Crippen LogP contribution is -2.36. The van der Waals surface area contributed by atoms with Gasteiger partial charge in [-0.15, -0.1) is 0 Å². The van der Waals surface area contributed by atoms with Crippen LogP contribution in [0.5, 0.6) is 5.75 Å². The molecule has 4 heteroatoms. The summed E-state index contributed by atoms with van der Waals surface area (Å²) < 4.78 is 6.29. The van der Waals surface area contributed by atoms with Crippen LogP contribution in [-0.2, 0) is 0 Å². The first kappa shape index (κ1) is 20.3. The fourth-order valence-corrected chi connectivity index (χ4v) is 3.98. The molecule has 0 spiro atoms. The van der Waals surface area contributed by atoms with Crippen molar-refractivity contribution in [3.05, 3.63) is 102 Å². The molecule has 1 heterocycles. The Morgan fingerprint density at radius 1 is 0.933 bits per heavy atom. The van der Waals surface area contributed by atoms with Crippen molar-refractivity contribution in [3.8, 4) is 5.75 Å². The van der Waals surface area contributed by atoms with Gasteiger partial charge in [-0.3, -0.25) is 4.79 Å². The number of rotatable bonds is 7. The van der Waals surface area contributed by atoms with Crippen LogP contribution in [0.1, 0.15) is 53.0 Å². The number of para-hydroxylation sites is 1. The van der Waals surface area contributed by atoms with E-state index in [0.717, 1.165) is 28.9 Å². The molecule has 0 amide bonds. The van der Waals surface area contributed by atoms with Crippen molar-refractivity contribution in [2.45, 2.75) is 37.5 Å². The number of Topliss-reactive ketones (excluding diaryl/α,β-unsaturated/α-hetero) is 1. The van der Waals surface area contributed by atoms with E-state index >= 15 is 0 Å². The first-order valence-electron chi connectivity index (χ1n) is 10.5. The zero-order valence-corrected chi connectivity index (χ0v) is 16.9. The number of ketones is 1. The van der Waals surface area contributed by atoms with Crippen LogP contribution in [0.2, 0.25) is 0 Å². The maximum atomic E-state index is 12.3. The van der Waals surface area contributed by atoms with E-state index in [4.69, 9.17) is 4.74 Å². The van der Waals surface area contributed by atoms with Gasteiger partial charge in [0.25, 0.3) is 0 Å². The van der Waals surface area contributed by atoms with E-state index in [1.54, 1.807) is 0 Å². The minimum atomic E-state index is -0.667. The molecular weight excluding hydrogens is 374 g/mol. The van der Waals surface area contributed by atoms with Crippen LogP contribution in [0.15, 0.2) is 84.9 Å². The Kier molecular flexibility index (Phi) is 6.57. The topological polar surface area (TPSA) is 58.6 Å². The van der Waals surface area contributed by atoms with E-state index in [0.29, 0.717) is 19.4 Å². The van der Waals surface area contributed by atoms with Crippen molar-refractivity contribution in [2.24, 2.45) is 0 Å². The summed E-state index contributed by atoms with van der Waals surface area (Å²) in [6.07, 6.45) is 1.03. The van der Waals surface area contributed by atoms with Crippen molar-refractivity contribution < 1.29 is 14.6 Å². The summed E-state index contributed by atoms with van der Waals surface area (Å²) >= 11 is 0. The van der Waals surface area contributed by atoms with Crippen molar-refractivity contribution in [2.75, 3.05) is 6.54 Å². The average molecular weight is 402 g/mol. The van der Waals surface area contributed by atoms with Gasteiger partial charge in [0.1, 0.15) is 11.9 Å². The van der Waals surface area contributed by atoms with Gasteiger partial charge < -0.3 is 15.2 Å². The number of carbonyl (C=O) groups is 1. The highest BCUT2D eigenvalue weighted by Gasteiger charge is 2.32. The second-order valence-corrected chi connectivity index (χ2v) is 7.69. The minimum Gasteiger partial charge on any atom is -0.485 e. The SMILES string of the molecule is O=C(CCCNC1CC(c2ccccc2)Oc2ccccc2C1O)c1ccccc1. The number of benzene rings is 3. The molecule has 154 valence electrons. The molecular formula is C26H27NO3. The van der Waals surface area contributed by atoms with Gasteiger partial charge in [-0.2, -0.15) is 0 Å². The molecule has 0 radical (unpaired) electrons. The number of ether oxygens (including phenoxy) is 1. The number of hydrogen-bond acceptors (Lipinski definition) is 4. The van der Waals surface area contributed by atoms with Crippen molar-refractivity contribution >= 4 is 5.78 Å². The summed E-state index contributed by atoms with van der Waals surface area (Å²) in [4.78, 5) is 12.3. The molecule has 0 fully saturated rings.